The molecule has 1 unspecified atom stereocenters. The highest BCUT2D eigenvalue weighted by Crippen LogP contribution is 2.32. The van der Waals surface area contributed by atoms with Crippen LogP contribution in [-0.4, -0.2) is 33.3 Å². The highest BCUT2D eigenvalue weighted by atomic mass is 35.5. The second-order valence-corrected chi connectivity index (χ2v) is 7.70. The molecular formula is C11H11ClFN2O2S2+. The van der Waals surface area contributed by atoms with Gasteiger partial charge in [0, 0.05) is 5.69 Å². The van der Waals surface area contributed by atoms with Crippen molar-refractivity contribution in [2.24, 2.45) is 0 Å². The quantitative estimate of drug-likeness (QED) is 0.611. The first kappa shape index (κ1) is 13.2. The van der Waals surface area contributed by atoms with E-state index in [9.17, 15) is 13.2 Å². The van der Waals surface area contributed by atoms with Gasteiger partial charge in [-0.05, 0) is 30.4 Å². The van der Waals surface area contributed by atoms with Crippen molar-refractivity contribution in [2.75, 3.05) is 16.4 Å². The average molecular weight is 322 g/mol. The molecule has 2 N–H and O–H groups in total. The van der Waals surface area contributed by atoms with Gasteiger partial charge >= 0.3 is 0 Å². The lowest BCUT2D eigenvalue weighted by molar-refractivity contribution is 0.502. The molecular weight excluding hydrogens is 311 g/mol. The average Bonchev–Trinajstić information content (AvgIpc) is 2.73. The molecule has 3 rings (SSSR count). The third-order valence-electron chi connectivity index (χ3n) is 3.38. The predicted molar refractivity (Wildman–Crippen MR) is 77.6 cm³/mol. The Morgan fingerprint density at radius 1 is 1.53 bits per heavy atom. The fourth-order valence-corrected chi connectivity index (χ4v) is 4.98. The van der Waals surface area contributed by atoms with Crippen LogP contribution in [0.4, 0.5) is 10.1 Å². The monoisotopic (exact) mass is 321 g/mol. The van der Waals surface area contributed by atoms with E-state index in [2.05, 4.69) is 5.32 Å². The Balaban J connectivity index is 1.97. The van der Waals surface area contributed by atoms with Gasteiger partial charge in [-0.2, -0.15) is 4.55 Å². The first-order valence-corrected chi connectivity index (χ1v) is 8.28. The number of halogens is 2. The summed E-state index contributed by atoms with van der Waals surface area (Å²) in [6.07, 6.45) is 0. The van der Waals surface area contributed by atoms with Crippen molar-refractivity contribution in [3.8, 4) is 0 Å². The molecule has 0 amide bonds. The molecule has 0 bridgehead atoms. The van der Waals surface area contributed by atoms with E-state index in [1.807, 2.05) is 0 Å². The highest BCUT2D eigenvalue weighted by molar-refractivity contribution is 7.98. The van der Waals surface area contributed by atoms with Gasteiger partial charge in [-0.25, -0.2) is 4.39 Å². The molecule has 0 radical (unpaired) electrons. The Hall–Kier alpha value is -0.760. The molecule has 2 aliphatic heterocycles. The first-order valence-electron chi connectivity index (χ1n) is 5.64. The van der Waals surface area contributed by atoms with Gasteiger partial charge in [-0.1, -0.05) is 15.8 Å². The molecule has 2 heterocycles. The van der Waals surface area contributed by atoms with Crippen LogP contribution in [-0.2, 0) is 14.4 Å². The molecule has 0 saturated carbocycles. The molecule has 3 atom stereocenters. The van der Waals surface area contributed by atoms with E-state index < -0.39 is 16.0 Å². The SMILES string of the molecule is O=[S+]1(O)C[C@H]2NC(=S)N(c3ccc(Cl)c(F)c3)[C@H]2C1. The number of nitrogens with zero attached hydrogens (tertiary/aromatic N) is 1. The number of nitrogens with one attached hydrogen (secondary N) is 1. The lowest BCUT2D eigenvalue weighted by Gasteiger charge is -2.22. The number of rotatable bonds is 1. The normalized spacial score (nSPS) is 33.4. The van der Waals surface area contributed by atoms with Crippen LogP contribution in [0.1, 0.15) is 0 Å². The van der Waals surface area contributed by atoms with Crippen molar-refractivity contribution in [1.82, 2.24) is 5.32 Å². The minimum Gasteiger partial charge on any atom is -0.352 e. The number of hydrogen-bond donors (Lipinski definition) is 2. The number of anilines is 1. The number of thiocarbonyl (C=S) groups is 1. The molecule has 8 heteroatoms. The van der Waals surface area contributed by atoms with Crippen molar-refractivity contribution in [3.63, 3.8) is 0 Å². The van der Waals surface area contributed by atoms with Crippen molar-refractivity contribution >= 4 is 44.8 Å². The minimum atomic E-state index is -2.82. The molecule has 1 aromatic carbocycles. The van der Waals surface area contributed by atoms with Gasteiger partial charge in [0.1, 0.15) is 17.9 Å². The molecule has 4 nitrogen and oxygen atoms in total. The second-order valence-electron chi connectivity index (χ2n) is 4.70. The number of hydrogen-bond acceptors (Lipinski definition) is 2. The third kappa shape index (κ3) is 2.24. The fourth-order valence-electron chi connectivity index (χ4n) is 2.56. The summed E-state index contributed by atoms with van der Waals surface area (Å²) in [5.41, 5.74) is 0.545. The Kier molecular flexibility index (Phi) is 3.05. The van der Waals surface area contributed by atoms with E-state index >= 15 is 0 Å². The maximum Gasteiger partial charge on any atom is 0.218 e. The van der Waals surface area contributed by atoms with E-state index in [0.717, 1.165) is 0 Å². The molecule has 0 aromatic heterocycles. The molecule has 19 heavy (non-hydrogen) atoms. The van der Waals surface area contributed by atoms with Gasteiger partial charge in [-0.3, -0.25) is 0 Å². The summed E-state index contributed by atoms with van der Waals surface area (Å²) in [6, 6.07) is 4.01. The Morgan fingerprint density at radius 2 is 2.26 bits per heavy atom. The van der Waals surface area contributed by atoms with Gasteiger partial charge < -0.3 is 10.2 Å². The number of benzene rings is 1. The lowest BCUT2D eigenvalue weighted by atomic mass is 10.1. The van der Waals surface area contributed by atoms with E-state index in [0.29, 0.717) is 10.8 Å². The topological polar surface area (TPSA) is 52.6 Å². The second kappa shape index (κ2) is 4.37. The van der Waals surface area contributed by atoms with Gasteiger partial charge in [0.15, 0.2) is 16.6 Å². The van der Waals surface area contributed by atoms with Crippen LogP contribution < -0.4 is 10.2 Å². The summed E-state index contributed by atoms with van der Waals surface area (Å²) in [5, 5.41) is 3.51. The molecule has 0 spiro atoms. The van der Waals surface area contributed by atoms with Crippen LogP contribution in [0.25, 0.3) is 0 Å². The summed E-state index contributed by atoms with van der Waals surface area (Å²) in [6.45, 7) is 0. The Labute approximate surface area is 121 Å². The van der Waals surface area contributed by atoms with Crippen LogP contribution in [0.3, 0.4) is 0 Å². The molecule has 1 aromatic rings. The van der Waals surface area contributed by atoms with E-state index in [1.54, 1.807) is 11.0 Å². The zero-order valence-corrected chi connectivity index (χ0v) is 12.1. The maximum absolute atomic E-state index is 13.5. The van der Waals surface area contributed by atoms with E-state index in [-0.39, 0.29) is 28.6 Å². The first-order chi connectivity index (χ1) is 8.87. The molecule has 102 valence electrons. The third-order valence-corrected chi connectivity index (χ3v) is 5.74. The van der Waals surface area contributed by atoms with Crippen LogP contribution in [0.5, 0.6) is 0 Å². The van der Waals surface area contributed by atoms with E-state index in [1.165, 1.54) is 12.1 Å². The predicted octanol–water partition coefficient (Wildman–Crippen LogP) is 1.90. The van der Waals surface area contributed by atoms with Gasteiger partial charge in [0.25, 0.3) is 0 Å². The largest absolute Gasteiger partial charge is 0.352 e. The van der Waals surface area contributed by atoms with Crippen molar-refractivity contribution in [2.45, 2.75) is 12.1 Å². The zero-order valence-electron chi connectivity index (χ0n) is 9.68. The fraction of sp³-hybridized carbons (Fsp3) is 0.364. The van der Waals surface area contributed by atoms with Crippen molar-refractivity contribution in [1.29, 1.82) is 0 Å². The van der Waals surface area contributed by atoms with Crippen LogP contribution in [0.15, 0.2) is 18.2 Å². The standard InChI is InChI=1S/C11H10ClFN2O2S2/c12-7-2-1-6(3-8(7)13)15-10-5-19(16,17)4-9(10)14-11(15)18/h1-3,9-10H,4-5H2,(H-,14,16,17,18)/p+1/t9-,10+/m1/s1. The maximum atomic E-state index is 13.5. The summed E-state index contributed by atoms with van der Waals surface area (Å²) >= 11 is 10.9. The highest BCUT2D eigenvalue weighted by Gasteiger charge is 2.54. The minimum absolute atomic E-state index is 0.0377. The van der Waals surface area contributed by atoms with Gasteiger partial charge in [-0.15, -0.1) is 0 Å². The summed E-state index contributed by atoms with van der Waals surface area (Å²) in [4.78, 5) is 1.70. The van der Waals surface area contributed by atoms with E-state index in [4.69, 9.17) is 23.8 Å². The number of fused-ring (bicyclic) bond motifs is 1. The molecule has 2 aliphatic rings. The Morgan fingerprint density at radius 3 is 2.95 bits per heavy atom. The van der Waals surface area contributed by atoms with Crippen molar-refractivity contribution < 1.29 is 13.2 Å². The lowest BCUT2D eigenvalue weighted by Crippen LogP contribution is -2.37. The van der Waals surface area contributed by atoms with Crippen LogP contribution in [0, 0.1) is 5.82 Å². The van der Waals surface area contributed by atoms with Crippen LogP contribution in [0.2, 0.25) is 5.02 Å². The smallest absolute Gasteiger partial charge is 0.218 e. The summed E-state index contributed by atoms with van der Waals surface area (Å²) in [5.74, 6) is -0.229. The summed E-state index contributed by atoms with van der Waals surface area (Å²) < 4.78 is 35.0. The molecule has 0 aliphatic carbocycles. The summed E-state index contributed by atoms with van der Waals surface area (Å²) in [7, 11) is -2.82. The van der Waals surface area contributed by atoms with Gasteiger partial charge in [0.2, 0.25) is 10.2 Å². The Bertz CT molecular complexity index is 612. The molecule has 2 fully saturated rings. The zero-order chi connectivity index (χ0) is 13.8. The van der Waals surface area contributed by atoms with Crippen molar-refractivity contribution in [3.05, 3.63) is 29.0 Å². The van der Waals surface area contributed by atoms with Gasteiger partial charge in [0.05, 0.1) is 5.02 Å². The van der Waals surface area contributed by atoms with Crippen LogP contribution >= 0.6 is 23.8 Å². The molecule has 2 saturated heterocycles.